The molecule has 0 fully saturated rings. The minimum Gasteiger partial charge on any atom is -0.299 e. The number of imidazole rings is 1. The first kappa shape index (κ1) is 11.4. The molecule has 0 radical (unpaired) electrons. The van der Waals surface area contributed by atoms with Gasteiger partial charge in [0.2, 0.25) is 0 Å². The van der Waals surface area contributed by atoms with Crippen molar-refractivity contribution in [3.05, 3.63) is 12.4 Å². The van der Waals surface area contributed by atoms with E-state index in [2.05, 4.69) is 0 Å². The van der Waals surface area contributed by atoms with E-state index in [-0.39, 0.29) is 10.9 Å². The number of rotatable bonds is 3. The smallest absolute Gasteiger partial charge is 0.299 e. The highest BCUT2D eigenvalue weighted by atomic mass is 32.3. The van der Waals surface area contributed by atoms with Gasteiger partial charge in [0.05, 0.1) is 19.3 Å². The number of hydrogen-bond acceptors (Lipinski definition) is 1. The summed E-state index contributed by atoms with van der Waals surface area (Å²) in [6.07, 6.45) is 3.32. The average Bonchev–Trinajstić information content (AvgIpc) is 2.47. The predicted octanol–water partition coefficient (Wildman–Crippen LogP) is 0.477. The van der Waals surface area contributed by atoms with Gasteiger partial charge >= 0.3 is 5.16 Å². The van der Waals surface area contributed by atoms with Crippen LogP contribution in [-0.4, -0.2) is 23.6 Å². The summed E-state index contributed by atoms with van der Waals surface area (Å²) in [5.74, 6) is -0.199. The van der Waals surface area contributed by atoms with Crippen molar-refractivity contribution in [2.24, 2.45) is 7.05 Å². The highest BCUT2D eigenvalue weighted by Crippen LogP contribution is 2.25. The van der Waals surface area contributed by atoms with E-state index < -0.39 is 9.63 Å². The predicted molar refractivity (Wildman–Crippen MR) is 53.5 cm³/mol. The molecule has 1 rings (SSSR count). The van der Waals surface area contributed by atoms with E-state index in [0.29, 0.717) is 6.54 Å². The molecule has 0 spiro atoms. The topological polar surface area (TPSA) is 66.3 Å². The molecule has 1 aromatic rings. The summed E-state index contributed by atoms with van der Waals surface area (Å²) in [4.78, 5) is 0. The third kappa shape index (κ3) is 1.73. The van der Waals surface area contributed by atoms with E-state index in [1.807, 2.05) is 6.92 Å². The van der Waals surface area contributed by atoms with Gasteiger partial charge in [0.15, 0.2) is 9.63 Å². The van der Waals surface area contributed by atoms with E-state index in [9.17, 15) is 13.3 Å². The van der Waals surface area contributed by atoms with Crippen molar-refractivity contribution in [2.75, 3.05) is 5.75 Å². The van der Waals surface area contributed by atoms with Gasteiger partial charge in [-0.3, -0.25) is 9.11 Å². The van der Waals surface area contributed by atoms with Gasteiger partial charge in [0, 0.05) is 0 Å². The summed E-state index contributed by atoms with van der Waals surface area (Å²) in [5, 5.41) is 0.0620. The Balaban J connectivity index is 3.45. The van der Waals surface area contributed by atoms with Crippen molar-refractivity contribution >= 4 is 9.63 Å². The molecule has 0 aromatic carbocycles. The summed E-state index contributed by atoms with van der Waals surface area (Å²) in [6, 6.07) is 0. The van der Waals surface area contributed by atoms with Crippen LogP contribution in [0.15, 0.2) is 17.6 Å². The first-order valence-corrected chi connectivity index (χ1v) is 6.55. The van der Waals surface area contributed by atoms with Gasteiger partial charge in [-0.15, -0.1) is 0 Å². The lowest BCUT2D eigenvalue weighted by Gasteiger charge is -2.25. The Labute approximate surface area is 83.4 Å². The van der Waals surface area contributed by atoms with Crippen molar-refractivity contribution < 1.29 is 17.9 Å². The number of hydrogen-bond donors (Lipinski definition) is 2. The Kier molecular flexibility index (Phi) is 2.55. The van der Waals surface area contributed by atoms with Crippen molar-refractivity contribution in [1.29, 1.82) is 0 Å². The molecule has 0 saturated heterocycles. The fourth-order valence-corrected chi connectivity index (χ4v) is 2.96. The molecule has 1 heterocycles. The van der Waals surface area contributed by atoms with Gasteiger partial charge in [-0.1, -0.05) is 6.92 Å². The van der Waals surface area contributed by atoms with E-state index >= 15 is 0 Å². The number of aryl methyl sites for hydroxylation is 2. The van der Waals surface area contributed by atoms with Crippen LogP contribution in [0.5, 0.6) is 0 Å². The molecule has 0 atom stereocenters. The molecular formula is C8H17N2O3S+. The van der Waals surface area contributed by atoms with Gasteiger partial charge in [-0.2, -0.15) is 0 Å². The molecule has 0 bridgehead atoms. The highest BCUT2D eigenvalue weighted by molar-refractivity contribution is 8.09. The van der Waals surface area contributed by atoms with Gasteiger partial charge < -0.3 is 0 Å². The molecule has 2 N–H and O–H groups in total. The molecule has 0 saturated carbocycles. The summed E-state index contributed by atoms with van der Waals surface area (Å²) < 4.78 is 34.3. The largest absolute Gasteiger partial charge is 0.372 e. The Hall–Kier alpha value is -0.720. The Bertz CT molecular complexity index is 405. The highest BCUT2D eigenvalue weighted by Gasteiger charge is 2.42. The minimum absolute atomic E-state index is 0.0620. The van der Waals surface area contributed by atoms with Crippen LogP contribution in [0.3, 0.4) is 0 Å². The molecule has 0 aliphatic rings. The summed E-state index contributed by atoms with van der Waals surface area (Å²) in [6.45, 7) is 3.88. The fourth-order valence-electron chi connectivity index (χ4n) is 1.41. The van der Waals surface area contributed by atoms with Crippen LogP contribution in [0.25, 0.3) is 0 Å². The maximum absolute atomic E-state index is 11.9. The first-order chi connectivity index (χ1) is 6.30. The number of aromatic nitrogens is 2. The zero-order valence-electron chi connectivity index (χ0n) is 8.67. The molecule has 0 aliphatic carbocycles. The quantitative estimate of drug-likeness (QED) is 0.729. The molecule has 0 amide bonds. The van der Waals surface area contributed by atoms with E-state index in [0.717, 1.165) is 0 Å². The SMILES string of the molecule is CCn1cc[n+](C)c1S(=O)(O)(O)CC. The van der Waals surface area contributed by atoms with Crippen molar-refractivity contribution in [1.82, 2.24) is 4.57 Å². The van der Waals surface area contributed by atoms with Crippen LogP contribution in [0, 0.1) is 0 Å². The molecule has 0 aliphatic heterocycles. The normalized spacial score (nSPS) is 15.1. The van der Waals surface area contributed by atoms with E-state index in [1.165, 1.54) is 11.5 Å². The lowest BCUT2D eigenvalue weighted by Crippen LogP contribution is -2.47. The minimum atomic E-state index is -4.65. The van der Waals surface area contributed by atoms with Crippen LogP contribution in [0.2, 0.25) is 0 Å². The van der Waals surface area contributed by atoms with Gasteiger partial charge in [-0.25, -0.2) is 13.3 Å². The number of nitrogens with zero attached hydrogens (tertiary/aromatic N) is 2. The van der Waals surface area contributed by atoms with Crippen molar-refractivity contribution in [3.8, 4) is 0 Å². The van der Waals surface area contributed by atoms with Gasteiger partial charge in [0.25, 0.3) is 0 Å². The maximum Gasteiger partial charge on any atom is 0.372 e. The Morgan fingerprint density at radius 1 is 1.50 bits per heavy atom. The third-order valence-corrected chi connectivity index (χ3v) is 4.54. The molecule has 14 heavy (non-hydrogen) atoms. The summed E-state index contributed by atoms with van der Waals surface area (Å²) in [7, 11) is -3.01. The van der Waals surface area contributed by atoms with Crippen LogP contribution in [0.4, 0.5) is 0 Å². The molecule has 1 aromatic heterocycles. The molecule has 0 unspecified atom stereocenters. The maximum atomic E-state index is 11.9. The van der Waals surface area contributed by atoms with Gasteiger partial charge in [0.1, 0.15) is 12.4 Å². The van der Waals surface area contributed by atoms with Gasteiger partial charge in [-0.05, 0) is 6.92 Å². The van der Waals surface area contributed by atoms with Crippen LogP contribution in [-0.2, 0) is 23.2 Å². The zero-order valence-corrected chi connectivity index (χ0v) is 9.49. The Morgan fingerprint density at radius 2 is 2.07 bits per heavy atom. The van der Waals surface area contributed by atoms with E-state index in [1.54, 1.807) is 24.0 Å². The average molecular weight is 221 g/mol. The lowest BCUT2D eigenvalue weighted by atomic mass is 10.7. The molecule has 5 nitrogen and oxygen atoms in total. The van der Waals surface area contributed by atoms with Crippen molar-refractivity contribution in [3.63, 3.8) is 0 Å². The molecular weight excluding hydrogens is 204 g/mol. The Morgan fingerprint density at radius 3 is 2.50 bits per heavy atom. The summed E-state index contributed by atoms with van der Waals surface area (Å²) in [5.41, 5.74) is 0. The second-order valence-corrected chi connectivity index (χ2v) is 6.26. The third-order valence-electron chi connectivity index (χ3n) is 2.25. The standard InChI is InChI=1S/C8H16N2O3S/c1-4-10-7-6-9(3)8(10)14(11,12,13)5-2/h6-7H,4-5H2,1-3H3,(H-,11,12,13)/p+1. The van der Waals surface area contributed by atoms with E-state index in [4.69, 9.17) is 0 Å². The lowest BCUT2D eigenvalue weighted by molar-refractivity contribution is -0.711. The van der Waals surface area contributed by atoms with Crippen LogP contribution < -0.4 is 4.57 Å². The van der Waals surface area contributed by atoms with Crippen molar-refractivity contribution in [2.45, 2.75) is 25.5 Å². The molecule has 6 heteroatoms. The molecule has 82 valence electrons. The summed E-state index contributed by atoms with van der Waals surface area (Å²) >= 11 is 0. The monoisotopic (exact) mass is 221 g/mol. The first-order valence-electron chi connectivity index (χ1n) is 4.50. The zero-order chi connectivity index (χ0) is 11.0. The van der Waals surface area contributed by atoms with Crippen LogP contribution in [0.1, 0.15) is 13.8 Å². The van der Waals surface area contributed by atoms with Crippen LogP contribution >= 0.6 is 0 Å². The fraction of sp³-hybridized carbons (Fsp3) is 0.625. The second-order valence-electron chi connectivity index (χ2n) is 3.28. The second kappa shape index (κ2) is 3.15.